The molecule has 0 saturated carbocycles. The minimum atomic E-state index is -0.228. The summed E-state index contributed by atoms with van der Waals surface area (Å²) in [6, 6.07) is 3.72. The van der Waals surface area contributed by atoms with Gasteiger partial charge in [-0.15, -0.1) is 0 Å². The van der Waals surface area contributed by atoms with E-state index in [9.17, 15) is 4.79 Å². The highest BCUT2D eigenvalue weighted by molar-refractivity contribution is 5.70. The fourth-order valence-corrected chi connectivity index (χ4v) is 1.46. The lowest BCUT2D eigenvalue weighted by molar-refractivity contribution is -0.140. The molecule has 0 fully saturated rings. The van der Waals surface area contributed by atoms with Crippen LogP contribution in [0.3, 0.4) is 0 Å². The number of methoxy groups -OCH3 is 1. The number of nitrogens with zero attached hydrogens (tertiary/aromatic N) is 2. The van der Waals surface area contributed by atoms with Gasteiger partial charge < -0.3 is 14.4 Å². The van der Waals surface area contributed by atoms with Gasteiger partial charge in [-0.1, -0.05) is 6.92 Å². The molecule has 0 N–H and O–H groups in total. The number of aromatic nitrogens is 1. The van der Waals surface area contributed by atoms with E-state index in [-0.39, 0.29) is 5.97 Å². The van der Waals surface area contributed by atoms with Crippen molar-refractivity contribution in [3.05, 3.63) is 18.3 Å². The first-order chi connectivity index (χ1) is 8.69. The normalized spacial score (nSPS) is 9.94. The third-order valence-corrected chi connectivity index (χ3v) is 2.45. The van der Waals surface area contributed by atoms with Crippen molar-refractivity contribution in [2.75, 3.05) is 32.2 Å². The van der Waals surface area contributed by atoms with Crippen LogP contribution in [0.25, 0.3) is 0 Å². The minimum Gasteiger partial charge on any atom is -0.490 e. The van der Waals surface area contributed by atoms with Crippen LogP contribution in [0.5, 0.6) is 5.75 Å². The van der Waals surface area contributed by atoms with E-state index >= 15 is 0 Å². The molecule has 0 atom stereocenters. The SMILES string of the molecule is CCCOc1cccnc1N(C)CCC(=O)OC. The van der Waals surface area contributed by atoms with Gasteiger partial charge in [0.05, 0.1) is 20.1 Å². The molecule has 5 heteroatoms. The Hall–Kier alpha value is -1.78. The van der Waals surface area contributed by atoms with Crippen LogP contribution in [0, 0.1) is 0 Å². The average molecular weight is 252 g/mol. The summed E-state index contributed by atoms with van der Waals surface area (Å²) >= 11 is 0. The summed E-state index contributed by atoms with van der Waals surface area (Å²) < 4.78 is 10.2. The van der Waals surface area contributed by atoms with Crippen molar-refractivity contribution in [2.24, 2.45) is 0 Å². The standard InChI is InChI=1S/C13H20N2O3/c1-4-10-18-11-6-5-8-14-13(11)15(2)9-7-12(16)17-3/h5-6,8H,4,7,9-10H2,1-3H3. The number of pyridine rings is 1. The van der Waals surface area contributed by atoms with E-state index in [2.05, 4.69) is 16.6 Å². The van der Waals surface area contributed by atoms with Gasteiger partial charge in [-0.05, 0) is 18.6 Å². The van der Waals surface area contributed by atoms with E-state index in [0.717, 1.165) is 18.0 Å². The van der Waals surface area contributed by atoms with Crippen molar-refractivity contribution in [1.82, 2.24) is 4.98 Å². The Morgan fingerprint density at radius 2 is 2.28 bits per heavy atom. The van der Waals surface area contributed by atoms with Crippen LogP contribution in [0.2, 0.25) is 0 Å². The minimum absolute atomic E-state index is 0.228. The van der Waals surface area contributed by atoms with Crippen LogP contribution in [0.15, 0.2) is 18.3 Å². The molecule has 0 spiro atoms. The number of esters is 1. The largest absolute Gasteiger partial charge is 0.490 e. The van der Waals surface area contributed by atoms with Gasteiger partial charge in [0.25, 0.3) is 0 Å². The van der Waals surface area contributed by atoms with Crippen molar-refractivity contribution in [2.45, 2.75) is 19.8 Å². The van der Waals surface area contributed by atoms with Crippen molar-refractivity contribution >= 4 is 11.8 Å². The molecule has 5 nitrogen and oxygen atoms in total. The molecule has 100 valence electrons. The Kier molecular flexibility index (Phi) is 5.97. The molecule has 0 saturated heterocycles. The van der Waals surface area contributed by atoms with E-state index in [0.29, 0.717) is 19.6 Å². The summed E-state index contributed by atoms with van der Waals surface area (Å²) in [5, 5.41) is 0. The molecular formula is C13H20N2O3. The van der Waals surface area contributed by atoms with Crippen molar-refractivity contribution in [3.8, 4) is 5.75 Å². The maximum Gasteiger partial charge on any atom is 0.307 e. The Morgan fingerprint density at radius 1 is 1.50 bits per heavy atom. The first-order valence-corrected chi connectivity index (χ1v) is 6.04. The van der Waals surface area contributed by atoms with E-state index in [1.165, 1.54) is 7.11 Å². The molecule has 0 bridgehead atoms. The van der Waals surface area contributed by atoms with Crippen LogP contribution >= 0.6 is 0 Å². The zero-order chi connectivity index (χ0) is 13.4. The van der Waals surface area contributed by atoms with Gasteiger partial charge in [0, 0.05) is 19.8 Å². The van der Waals surface area contributed by atoms with E-state index in [1.54, 1.807) is 6.20 Å². The van der Waals surface area contributed by atoms with Crippen LogP contribution < -0.4 is 9.64 Å². The fraction of sp³-hybridized carbons (Fsp3) is 0.538. The second-order valence-electron chi connectivity index (χ2n) is 3.92. The second kappa shape index (κ2) is 7.53. The second-order valence-corrected chi connectivity index (χ2v) is 3.92. The highest BCUT2D eigenvalue weighted by atomic mass is 16.5. The predicted molar refractivity (Wildman–Crippen MR) is 69.9 cm³/mol. The predicted octanol–water partition coefficient (Wildman–Crippen LogP) is 1.87. The molecule has 1 aromatic rings. The number of hydrogen-bond acceptors (Lipinski definition) is 5. The van der Waals surface area contributed by atoms with Gasteiger partial charge in [-0.3, -0.25) is 4.79 Å². The zero-order valence-electron chi connectivity index (χ0n) is 11.2. The molecule has 0 aromatic carbocycles. The molecular weight excluding hydrogens is 232 g/mol. The van der Waals surface area contributed by atoms with E-state index < -0.39 is 0 Å². The summed E-state index contributed by atoms with van der Waals surface area (Å²) in [7, 11) is 3.27. The lowest BCUT2D eigenvalue weighted by atomic mass is 10.3. The first-order valence-electron chi connectivity index (χ1n) is 6.04. The van der Waals surface area contributed by atoms with E-state index in [1.807, 2.05) is 24.1 Å². The molecule has 0 unspecified atom stereocenters. The summed E-state index contributed by atoms with van der Waals surface area (Å²) in [5.41, 5.74) is 0. The smallest absolute Gasteiger partial charge is 0.307 e. The van der Waals surface area contributed by atoms with Gasteiger partial charge in [0.15, 0.2) is 11.6 Å². The third kappa shape index (κ3) is 4.24. The first kappa shape index (κ1) is 14.3. The molecule has 0 aliphatic heterocycles. The molecule has 0 aliphatic rings. The highest BCUT2D eigenvalue weighted by Gasteiger charge is 2.11. The average Bonchev–Trinajstić information content (AvgIpc) is 2.42. The molecule has 1 heterocycles. The van der Waals surface area contributed by atoms with Gasteiger partial charge in [0.1, 0.15) is 0 Å². The quantitative estimate of drug-likeness (QED) is 0.693. The van der Waals surface area contributed by atoms with Crippen LogP contribution in [-0.2, 0) is 9.53 Å². The van der Waals surface area contributed by atoms with Crippen molar-refractivity contribution in [1.29, 1.82) is 0 Å². The monoisotopic (exact) mass is 252 g/mol. The lowest BCUT2D eigenvalue weighted by Crippen LogP contribution is -2.23. The number of carbonyl (C=O) groups excluding carboxylic acids is 1. The van der Waals surface area contributed by atoms with Crippen molar-refractivity contribution in [3.63, 3.8) is 0 Å². The Labute approximate surface area is 108 Å². The fourth-order valence-electron chi connectivity index (χ4n) is 1.46. The topological polar surface area (TPSA) is 51.7 Å². The Bertz CT molecular complexity index is 382. The Balaban J connectivity index is 2.65. The third-order valence-electron chi connectivity index (χ3n) is 2.45. The number of anilines is 1. The maximum atomic E-state index is 11.1. The number of ether oxygens (including phenoxy) is 2. The van der Waals surface area contributed by atoms with Gasteiger partial charge >= 0.3 is 5.97 Å². The highest BCUT2D eigenvalue weighted by Crippen LogP contribution is 2.24. The summed E-state index contributed by atoms with van der Waals surface area (Å²) in [5.74, 6) is 1.26. The van der Waals surface area contributed by atoms with Crippen molar-refractivity contribution < 1.29 is 14.3 Å². The molecule has 1 rings (SSSR count). The maximum absolute atomic E-state index is 11.1. The van der Waals surface area contributed by atoms with Gasteiger partial charge in [0.2, 0.25) is 0 Å². The zero-order valence-corrected chi connectivity index (χ0v) is 11.2. The molecule has 18 heavy (non-hydrogen) atoms. The van der Waals surface area contributed by atoms with E-state index in [4.69, 9.17) is 4.74 Å². The van der Waals surface area contributed by atoms with Crippen LogP contribution in [-0.4, -0.2) is 38.3 Å². The summed E-state index contributed by atoms with van der Waals surface area (Å²) in [4.78, 5) is 17.3. The lowest BCUT2D eigenvalue weighted by Gasteiger charge is -2.20. The summed E-state index contributed by atoms with van der Waals surface area (Å²) in [6.07, 6.45) is 2.99. The van der Waals surface area contributed by atoms with Crippen LogP contribution in [0.1, 0.15) is 19.8 Å². The Morgan fingerprint density at radius 3 is 2.94 bits per heavy atom. The molecule has 0 amide bonds. The molecule has 0 aliphatic carbocycles. The van der Waals surface area contributed by atoms with Gasteiger partial charge in [-0.25, -0.2) is 4.98 Å². The van der Waals surface area contributed by atoms with Crippen LogP contribution in [0.4, 0.5) is 5.82 Å². The number of rotatable bonds is 7. The molecule has 0 radical (unpaired) electrons. The number of hydrogen-bond donors (Lipinski definition) is 0. The summed E-state index contributed by atoms with van der Waals surface area (Å²) in [6.45, 7) is 3.26. The number of carbonyl (C=O) groups is 1. The molecule has 1 aromatic heterocycles. The van der Waals surface area contributed by atoms with Gasteiger partial charge in [-0.2, -0.15) is 0 Å².